The zero-order chi connectivity index (χ0) is 12.2. The molecular formula is C11H25ClN2O2S. The number of carbonyl (C=O) groups is 1. The Morgan fingerprint density at radius 3 is 2.76 bits per heavy atom. The van der Waals surface area contributed by atoms with E-state index in [0.717, 1.165) is 38.2 Å². The van der Waals surface area contributed by atoms with Crippen LogP contribution in [-0.2, 0) is 9.53 Å². The van der Waals surface area contributed by atoms with E-state index in [1.54, 1.807) is 11.8 Å². The van der Waals surface area contributed by atoms with E-state index in [-0.39, 0.29) is 24.4 Å². The smallest absolute Gasteiger partial charge is 0.236 e. The largest absolute Gasteiger partial charge is 0.382 e. The summed E-state index contributed by atoms with van der Waals surface area (Å²) in [6.45, 7) is 4.20. The number of rotatable bonds is 10. The Kier molecular flexibility index (Phi) is 16.1. The lowest BCUT2D eigenvalue weighted by Crippen LogP contribution is -2.41. The third-order valence-corrected chi connectivity index (χ3v) is 2.83. The number of amides is 1. The van der Waals surface area contributed by atoms with Crippen molar-refractivity contribution in [1.82, 2.24) is 5.32 Å². The van der Waals surface area contributed by atoms with Gasteiger partial charge in [-0.2, -0.15) is 11.8 Å². The minimum Gasteiger partial charge on any atom is -0.382 e. The summed E-state index contributed by atoms with van der Waals surface area (Å²) in [5.41, 5.74) is 5.72. The van der Waals surface area contributed by atoms with E-state index in [4.69, 9.17) is 10.5 Å². The second-order valence-electron chi connectivity index (χ2n) is 3.58. The summed E-state index contributed by atoms with van der Waals surface area (Å²) in [7, 11) is 0. The Balaban J connectivity index is 0. The van der Waals surface area contributed by atoms with Gasteiger partial charge in [0.1, 0.15) is 0 Å². The molecule has 4 nitrogen and oxygen atoms in total. The molecule has 6 heteroatoms. The van der Waals surface area contributed by atoms with Crippen molar-refractivity contribution in [2.75, 3.05) is 31.8 Å². The minimum atomic E-state index is -0.362. The molecule has 104 valence electrons. The lowest BCUT2D eigenvalue weighted by atomic mass is 10.2. The molecular weight excluding hydrogens is 260 g/mol. The van der Waals surface area contributed by atoms with Crippen LogP contribution in [0.25, 0.3) is 0 Å². The highest BCUT2D eigenvalue weighted by atomic mass is 35.5. The molecule has 0 aliphatic carbocycles. The van der Waals surface area contributed by atoms with Crippen LogP contribution in [0.1, 0.15) is 26.2 Å². The molecule has 0 spiro atoms. The first-order valence-corrected chi connectivity index (χ1v) is 7.21. The van der Waals surface area contributed by atoms with Crippen molar-refractivity contribution in [3.63, 3.8) is 0 Å². The van der Waals surface area contributed by atoms with E-state index in [0.29, 0.717) is 6.54 Å². The fourth-order valence-corrected chi connectivity index (χ4v) is 1.68. The van der Waals surface area contributed by atoms with Crippen LogP contribution in [0.15, 0.2) is 0 Å². The molecule has 0 heterocycles. The molecule has 0 aromatic heterocycles. The maximum Gasteiger partial charge on any atom is 0.236 e. The fraction of sp³-hybridized carbons (Fsp3) is 0.909. The SMILES string of the molecule is CCOCCCCNC(=O)[C@@H](N)CCSC.Cl. The monoisotopic (exact) mass is 284 g/mol. The van der Waals surface area contributed by atoms with E-state index >= 15 is 0 Å². The molecule has 0 aliphatic heterocycles. The number of hydrogen-bond donors (Lipinski definition) is 2. The predicted octanol–water partition coefficient (Wildman–Crippen LogP) is 1.42. The summed E-state index contributed by atoms with van der Waals surface area (Å²) in [5.74, 6) is 0.893. The van der Waals surface area contributed by atoms with Crippen molar-refractivity contribution >= 4 is 30.1 Å². The van der Waals surface area contributed by atoms with E-state index in [1.807, 2.05) is 13.2 Å². The highest BCUT2D eigenvalue weighted by Crippen LogP contribution is 1.98. The Morgan fingerprint density at radius 1 is 1.47 bits per heavy atom. The number of hydrogen-bond acceptors (Lipinski definition) is 4. The maximum atomic E-state index is 11.5. The summed E-state index contributed by atoms with van der Waals surface area (Å²) in [6, 6.07) is -0.362. The topological polar surface area (TPSA) is 64.3 Å². The fourth-order valence-electron chi connectivity index (χ4n) is 1.19. The first-order chi connectivity index (χ1) is 7.72. The van der Waals surface area contributed by atoms with Crippen molar-refractivity contribution in [2.45, 2.75) is 32.2 Å². The first kappa shape index (κ1) is 19.4. The molecule has 0 radical (unpaired) electrons. The van der Waals surface area contributed by atoms with Gasteiger partial charge >= 0.3 is 0 Å². The lowest BCUT2D eigenvalue weighted by Gasteiger charge is -2.11. The first-order valence-electron chi connectivity index (χ1n) is 5.82. The van der Waals surface area contributed by atoms with E-state index < -0.39 is 0 Å². The molecule has 17 heavy (non-hydrogen) atoms. The molecule has 0 aliphatic rings. The van der Waals surface area contributed by atoms with Gasteiger partial charge in [0.05, 0.1) is 6.04 Å². The number of ether oxygens (including phenoxy) is 1. The number of nitrogens with two attached hydrogens (primary N) is 1. The summed E-state index contributed by atoms with van der Waals surface area (Å²) in [5, 5.41) is 2.84. The molecule has 0 aromatic rings. The predicted molar refractivity (Wildman–Crippen MR) is 77.0 cm³/mol. The van der Waals surface area contributed by atoms with E-state index in [1.165, 1.54) is 0 Å². The van der Waals surface area contributed by atoms with Crippen molar-refractivity contribution in [3.8, 4) is 0 Å². The molecule has 0 rings (SSSR count). The van der Waals surface area contributed by atoms with Gasteiger partial charge in [0, 0.05) is 19.8 Å². The van der Waals surface area contributed by atoms with Gasteiger partial charge in [0.25, 0.3) is 0 Å². The van der Waals surface area contributed by atoms with E-state index in [9.17, 15) is 4.79 Å². The molecule has 1 atom stereocenters. The van der Waals surface area contributed by atoms with Crippen LogP contribution in [0.3, 0.4) is 0 Å². The molecule has 0 unspecified atom stereocenters. The zero-order valence-electron chi connectivity index (χ0n) is 10.7. The lowest BCUT2D eigenvalue weighted by molar-refractivity contribution is -0.122. The molecule has 0 bridgehead atoms. The average Bonchev–Trinajstić information content (AvgIpc) is 2.30. The van der Waals surface area contributed by atoms with Crippen molar-refractivity contribution in [3.05, 3.63) is 0 Å². The number of unbranched alkanes of at least 4 members (excludes halogenated alkanes) is 1. The number of thioether (sulfide) groups is 1. The maximum absolute atomic E-state index is 11.5. The molecule has 1 amide bonds. The number of carbonyl (C=O) groups excluding carboxylic acids is 1. The van der Waals surface area contributed by atoms with Gasteiger partial charge in [-0.05, 0) is 38.2 Å². The molecule has 0 saturated heterocycles. The summed E-state index contributed by atoms with van der Waals surface area (Å²) < 4.78 is 5.20. The third kappa shape index (κ3) is 12.3. The van der Waals surface area contributed by atoms with Gasteiger partial charge in [-0.15, -0.1) is 12.4 Å². The zero-order valence-corrected chi connectivity index (χ0v) is 12.4. The van der Waals surface area contributed by atoms with Gasteiger partial charge < -0.3 is 15.8 Å². The molecule has 3 N–H and O–H groups in total. The van der Waals surface area contributed by atoms with Gasteiger partial charge in [0.15, 0.2) is 0 Å². The number of nitrogens with one attached hydrogen (secondary N) is 1. The van der Waals surface area contributed by atoms with Crippen LogP contribution in [0.5, 0.6) is 0 Å². The Bertz CT molecular complexity index is 185. The second kappa shape index (κ2) is 14.1. The van der Waals surface area contributed by atoms with Crippen LogP contribution in [0.4, 0.5) is 0 Å². The number of halogens is 1. The normalized spacial score (nSPS) is 11.7. The third-order valence-electron chi connectivity index (χ3n) is 2.19. The standard InChI is InChI=1S/C11H24N2O2S.ClH/c1-3-15-8-5-4-7-13-11(14)10(12)6-9-16-2;/h10H,3-9,12H2,1-2H3,(H,13,14);1H/t10-;/m0./s1. The highest BCUT2D eigenvalue weighted by Gasteiger charge is 2.11. The average molecular weight is 285 g/mol. The van der Waals surface area contributed by atoms with Gasteiger partial charge in [-0.1, -0.05) is 0 Å². The quantitative estimate of drug-likeness (QED) is 0.596. The van der Waals surface area contributed by atoms with Crippen molar-refractivity contribution < 1.29 is 9.53 Å². The summed E-state index contributed by atoms with van der Waals surface area (Å²) in [6.07, 6.45) is 4.68. The van der Waals surface area contributed by atoms with Gasteiger partial charge in [0.2, 0.25) is 5.91 Å². The van der Waals surface area contributed by atoms with Crippen molar-refractivity contribution in [2.24, 2.45) is 5.73 Å². The Morgan fingerprint density at radius 2 is 2.18 bits per heavy atom. The van der Waals surface area contributed by atoms with Crippen LogP contribution in [0, 0.1) is 0 Å². The van der Waals surface area contributed by atoms with Crippen LogP contribution in [0.2, 0.25) is 0 Å². The molecule has 0 aromatic carbocycles. The van der Waals surface area contributed by atoms with Gasteiger partial charge in [-0.3, -0.25) is 4.79 Å². The van der Waals surface area contributed by atoms with Crippen LogP contribution < -0.4 is 11.1 Å². The molecule has 0 fully saturated rings. The van der Waals surface area contributed by atoms with E-state index in [2.05, 4.69) is 5.32 Å². The Hall–Kier alpha value is 0.0300. The molecule has 0 saturated carbocycles. The minimum absolute atomic E-state index is 0. The Labute approximate surface area is 115 Å². The van der Waals surface area contributed by atoms with Gasteiger partial charge in [-0.25, -0.2) is 0 Å². The van der Waals surface area contributed by atoms with Crippen molar-refractivity contribution in [1.29, 1.82) is 0 Å². The second-order valence-corrected chi connectivity index (χ2v) is 4.57. The summed E-state index contributed by atoms with van der Waals surface area (Å²) >= 11 is 1.71. The summed E-state index contributed by atoms with van der Waals surface area (Å²) in [4.78, 5) is 11.5. The van der Waals surface area contributed by atoms with Crippen LogP contribution in [-0.4, -0.2) is 43.7 Å². The highest BCUT2D eigenvalue weighted by molar-refractivity contribution is 7.98. The van der Waals surface area contributed by atoms with Crippen LogP contribution >= 0.6 is 24.2 Å².